The van der Waals surface area contributed by atoms with Crippen LogP contribution in [0.2, 0.25) is 0 Å². The quantitative estimate of drug-likeness (QED) is 0.489. The average molecular weight is 556 g/mol. The van der Waals surface area contributed by atoms with Crippen LogP contribution < -0.4 is 0 Å². The standard InChI is InChI=1S/C15H24Br4O2/c1-15(2,13-9(16)3-7(20)4-10(13)17)14-11(18)5-8(21)6-12(14)19/h7-14,20-21H,3-6H2,1-2H3. The molecule has 2 aliphatic carbocycles. The van der Waals surface area contributed by atoms with Crippen LogP contribution in [-0.4, -0.2) is 41.7 Å². The minimum atomic E-state index is -0.224. The van der Waals surface area contributed by atoms with Gasteiger partial charge in [-0.1, -0.05) is 77.6 Å². The Balaban J connectivity index is 2.23. The lowest BCUT2D eigenvalue weighted by Crippen LogP contribution is -2.53. The van der Waals surface area contributed by atoms with Gasteiger partial charge in [0.05, 0.1) is 12.2 Å². The lowest BCUT2D eigenvalue weighted by molar-refractivity contribution is 0.0209. The molecule has 2 nitrogen and oxygen atoms in total. The van der Waals surface area contributed by atoms with Crippen LogP contribution in [0, 0.1) is 17.3 Å². The van der Waals surface area contributed by atoms with Crippen molar-refractivity contribution in [1.82, 2.24) is 0 Å². The number of hydrogen-bond donors (Lipinski definition) is 2. The maximum Gasteiger partial charge on any atom is 0.0561 e. The van der Waals surface area contributed by atoms with Crippen LogP contribution in [0.15, 0.2) is 0 Å². The van der Waals surface area contributed by atoms with Gasteiger partial charge in [-0.2, -0.15) is 0 Å². The summed E-state index contributed by atoms with van der Waals surface area (Å²) in [5.41, 5.74) is 0.0882. The lowest BCUT2D eigenvalue weighted by Gasteiger charge is -2.53. The topological polar surface area (TPSA) is 40.5 Å². The Bertz CT molecular complexity index is 310. The van der Waals surface area contributed by atoms with E-state index in [1.54, 1.807) is 0 Å². The van der Waals surface area contributed by atoms with E-state index in [0.717, 1.165) is 25.7 Å². The molecule has 2 N–H and O–H groups in total. The molecule has 0 aromatic heterocycles. The normalized spacial score (nSPS) is 49.1. The van der Waals surface area contributed by atoms with Crippen LogP contribution in [0.25, 0.3) is 0 Å². The Morgan fingerprint density at radius 2 is 0.905 bits per heavy atom. The molecule has 2 aliphatic rings. The van der Waals surface area contributed by atoms with E-state index in [2.05, 4.69) is 77.6 Å². The van der Waals surface area contributed by atoms with Gasteiger partial charge in [-0.15, -0.1) is 0 Å². The summed E-state index contributed by atoms with van der Waals surface area (Å²) < 4.78 is 0. The molecule has 0 spiro atoms. The molecule has 0 amide bonds. The van der Waals surface area contributed by atoms with E-state index >= 15 is 0 Å². The summed E-state index contributed by atoms with van der Waals surface area (Å²) in [6.07, 6.45) is 2.80. The molecule has 21 heavy (non-hydrogen) atoms. The Morgan fingerprint density at radius 1 is 0.667 bits per heavy atom. The smallest absolute Gasteiger partial charge is 0.0561 e. The van der Waals surface area contributed by atoms with Crippen molar-refractivity contribution in [1.29, 1.82) is 0 Å². The molecule has 0 saturated heterocycles. The monoisotopic (exact) mass is 552 g/mol. The number of rotatable bonds is 2. The molecule has 2 saturated carbocycles. The fourth-order valence-electron chi connectivity index (χ4n) is 4.36. The Hall–Kier alpha value is 1.84. The van der Waals surface area contributed by atoms with Crippen molar-refractivity contribution >= 4 is 63.7 Å². The molecular formula is C15H24Br4O2. The van der Waals surface area contributed by atoms with Crippen LogP contribution in [0.1, 0.15) is 39.5 Å². The Morgan fingerprint density at radius 3 is 1.14 bits per heavy atom. The maximum atomic E-state index is 9.97. The molecule has 0 aliphatic heterocycles. The molecule has 0 aromatic rings. The summed E-state index contributed by atoms with van der Waals surface area (Å²) in [5.74, 6) is 0.891. The van der Waals surface area contributed by atoms with E-state index in [9.17, 15) is 10.2 Å². The predicted octanol–water partition coefficient (Wildman–Crippen LogP) is 4.61. The van der Waals surface area contributed by atoms with Gasteiger partial charge in [0.1, 0.15) is 0 Å². The van der Waals surface area contributed by atoms with Gasteiger partial charge in [-0.25, -0.2) is 0 Å². The first kappa shape index (κ1) is 19.2. The predicted molar refractivity (Wildman–Crippen MR) is 102 cm³/mol. The van der Waals surface area contributed by atoms with Gasteiger partial charge in [-0.05, 0) is 42.9 Å². The number of halogens is 4. The highest BCUT2D eigenvalue weighted by atomic mass is 79.9. The SMILES string of the molecule is CC(C)(C1C(Br)CC(O)CC1Br)C1C(Br)CC(O)CC1Br. The molecule has 0 bridgehead atoms. The Kier molecular flexibility index (Phi) is 6.74. The second-order valence-electron chi connectivity index (χ2n) is 7.19. The number of aliphatic hydroxyl groups is 2. The third-order valence-electron chi connectivity index (χ3n) is 5.27. The van der Waals surface area contributed by atoms with Gasteiger partial charge in [-0.3, -0.25) is 0 Å². The molecule has 2 rings (SSSR count). The van der Waals surface area contributed by atoms with Crippen LogP contribution in [0.3, 0.4) is 0 Å². The molecular weight excluding hydrogens is 532 g/mol. The van der Waals surface area contributed by atoms with Crippen LogP contribution in [0.4, 0.5) is 0 Å². The summed E-state index contributed by atoms with van der Waals surface area (Å²) in [4.78, 5) is 1.25. The van der Waals surface area contributed by atoms with Crippen molar-refractivity contribution in [3.8, 4) is 0 Å². The largest absolute Gasteiger partial charge is 0.393 e. The summed E-state index contributed by atoms with van der Waals surface area (Å²) in [5, 5.41) is 19.9. The number of alkyl halides is 4. The molecule has 0 radical (unpaired) electrons. The van der Waals surface area contributed by atoms with E-state index in [1.165, 1.54) is 0 Å². The minimum absolute atomic E-state index is 0.0882. The van der Waals surface area contributed by atoms with Gasteiger partial charge in [0.2, 0.25) is 0 Å². The summed E-state index contributed by atoms with van der Waals surface area (Å²) in [6, 6.07) is 0. The van der Waals surface area contributed by atoms with Gasteiger partial charge < -0.3 is 10.2 Å². The molecule has 0 heterocycles. The van der Waals surface area contributed by atoms with Gasteiger partial charge in [0, 0.05) is 19.3 Å². The second-order valence-corrected chi connectivity index (χ2v) is 11.9. The highest BCUT2D eigenvalue weighted by molar-refractivity contribution is 9.10. The minimum Gasteiger partial charge on any atom is -0.393 e. The summed E-state index contributed by atoms with van der Waals surface area (Å²) in [7, 11) is 0. The summed E-state index contributed by atoms with van der Waals surface area (Å²) >= 11 is 15.3. The third-order valence-corrected chi connectivity index (χ3v) is 9.04. The average Bonchev–Trinajstić information content (AvgIpc) is 2.23. The van der Waals surface area contributed by atoms with E-state index in [-0.39, 0.29) is 17.6 Å². The van der Waals surface area contributed by atoms with Crippen molar-refractivity contribution in [3.05, 3.63) is 0 Å². The van der Waals surface area contributed by atoms with Crippen molar-refractivity contribution < 1.29 is 10.2 Å². The van der Waals surface area contributed by atoms with E-state index in [1.807, 2.05) is 0 Å². The fraction of sp³-hybridized carbons (Fsp3) is 1.00. The summed E-state index contributed by atoms with van der Waals surface area (Å²) in [6.45, 7) is 4.67. The lowest BCUT2D eigenvalue weighted by atomic mass is 9.60. The fourth-order valence-corrected chi connectivity index (χ4v) is 11.1. The zero-order valence-electron chi connectivity index (χ0n) is 12.4. The number of hydrogen-bond acceptors (Lipinski definition) is 2. The van der Waals surface area contributed by atoms with Crippen LogP contribution >= 0.6 is 63.7 Å². The van der Waals surface area contributed by atoms with Crippen molar-refractivity contribution in [2.45, 2.75) is 71.0 Å². The molecule has 4 unspecified atom stereocenters. The van der Waals surface area contributed by atoms with E-state index in [4.69, 9.17) is 0 Å². The highest BCUT2D eigenvalue weighted by Crippen LogP contribution is 2.54. The van der Waals surface area contributed by atoms with Gasteiger partial charge in [0.15, 0.2) is 0 Å². The molecule has 124 valence electrons. The first-order valence-electron chi connectivity index (χ1n) is 7.57. The molecule has 6 heteroatoms. The zero-order chi connectivity index (χ0) is 15.9. The number of aliphatic hydroxyl groups excluding tert-OH is 2. The Labute approximate surface area is 161 Å². The molecule has 4 atom stereocenters. The van der Waals surface area contributed by atoms with Crippen molar-refractivity contribution in [2.75, 3.05) is 0 Å². The third kappa shape index (κ3) is 4.09. The van der Waals surface area contributed by atoms with Crippen molar-refractivity contribution in [2.24, 2.45) is 17.3 Å². The van der Waals surface area contributed by atoms with Crippen molar-refractivity contribution in [3.63, 3.8) is 0 Å². The molecule has 0 aromatic carbocycles. The van der Waals surface area contributed by atoms with Gasteiger partial charge in [0.25, 0.3) is 0 Å². The second kappa shape index (κ2) is 7.38. The van der Waals surface area contributed by atoms with Crippen LogP contribution in [0.5, 0.6) is 0 Å². The van der Waals surface area contributed by atoms with Gasteiger partial charge >= 0.3 is 0 Å². The van der Waals surface area contributed by atoms with E-state index < -0.39 is 0 Å². The maximum absolute atomic E-state index is 9.97. The molecule has 2 fully saturated rings. The van der Waals surface area contributed by atoms with Crippen LogP contribution in [-0.2, 0) is 0 Å². The zero-order valence-corrected chi connectivity index (χ0v) is 18.7. The first-order valence-corrected chi connectivity index (χ1v) is 11.2. The van der Waals surface area contributed by atoms with E-state index in [0.29, 0.717) is 31.1 Å². The highest BCUT2D eigenvalue weighted by Gasteiger charge is 2.52. The first-order chi connectivity index (χ1) is 9.64.